The Labute approximate surface area is 114 Å². The molecule has 0 saturated heterocycles. The predicted octanol–water partition coefficient (Wildman–Crippen LogP) is 3.28. The van der Waals surface area contributed by atoms with E-state index in [9.17, 15) is 0 Å². The van der Waals surface area contributed by atoms with E-state index in [1.807, 2.05) is 18.2 Å². The van der Waals surface area contributed by atoms with Crippen LogP contribution in [0.15, 0.2) is 18.2 Å². The van der Waals surface area contributed by atoms with Crippen LogP contribution in [-0.2, 0) is 0 Å². The fraction of sp³-hybridized carbons (Fsp3) is 0.571. The minimum atomic E-state index is 0.408. The molecular weight excluding hydrogens is 248 g/mol. The average Bonchev–Trinajstić information content (AvgIpc) is 2.39. The SMILES string of the molecule is COc1ccc(NCC2CCC(N)CC2)c(Cl)c1. The molecule has 0 aliphatic heterocycles. The first-order valence-corrected chi connectivity index (χ1v) is 6.90. The number of hydrogen-bond acceptors (Lipinski definition) is 3. The van der Waals surface area contributed by atoms with E-state index in [0.29, 0.717) is 17.0 Å². The van der Waals surface area contributed by atoms with Crippen molar-refractivity contribution >= 4 is 17.3 Å². The van der Waals surface area contributed by atoms with Crippen molar-refractivity contribution in [3.8, 4) is 5.75 Å². The van der Waals surface area contributed by atoms with Crippen LogP contribution in [0.5, 0.6) is 5.75 Å². The fourth-order valence-corrected chi connectivity index (χ4v) is 2.65. The van der Waals surface area contributed by atoms with Gasteiger partial charge in [0.05, 0.1) is 17.8 Å². The molecule has 3 nitrogen and oxygen atoms in total. The molecular formula is C14H21ClN2O. The van der Waals surface area contributed by atoms with Crippen LogP contribution in [-0.4, -0.2) is 19.7 Å². The summed E-state index contributed by atoms with van der Waals surface area (Å²) in [7, 11) is 1.64. The van der Waals surface area contributed by atoms with Crippen LogP contribution in [0.1, 0.15) is 25.7 Å². The average molecular weight is 269 g/mol. The number of methoxy groups -OCH3 is 1. The molecule has 0 bridgehead atoms. The van der Waals surface area contributed by atoms with Crippen LogP contribution >= 0.6 is 11.6 Å². The largest absolute Gasteiger partial charge is 0.497 e. The highest BCUT2D eigenvalue weighted by atomic mass is 35.5. The second kappa shape index (κ2) is 6.30. The van der Waals surface area contributed by atoms with Crippen LogP contribution in [0.25, 0.3) is 0 Å². The lowest BCUT2D eigenvalue weighted by Crippen LogP contribution is -2.29. The lowest BCUT2D eigenvalue weighted by Gasteiger charge is -2.26. The highest BCUT2D eigenvalue weighted by Gasteiger charge is 2.18. The number of halogens is 1. The highest BCUT2D eigenvalue weighted by Crippen LogP contribution is 2.28. The lowest BCUT2D eigenvalue weighted by atomic mass is 9.86. The van der Waals surface area contributed by atoms with E-state index in [0.717, 1.165) is 30.8 Å². The Kier molecular flexibility index (Phi) is 4.72. The maximum atomic E-state index is 6.19. The summed E-state index contributed by atoms with van der Waals surface area (Å²) in [6.07, 6.45) is 4.70. The molecule has 18 heavy (non-hydrogen) atoms. The predicted molar refractivity (Wildman–Crippen MR) is 76.4 cm³/mol. The summed E-state index contributed by atoms with van der Waals surface area (Å²) >= 11 is 6.19. The second-order valence-electron chi connectivity index (χ2n) is 5.01. The molecule has 1 aromatic carbocycles. The lowest BCUT2D eigenvalue weighted by molar-refractivity contribution is 0.339. The van der Waals surface area contributed by atoms with Gasteiger partial charge in [-0.3, -0.25) is 0 Å². The Hall–Kier alpha value is -0.930. The quantitative estimate of drug-likeness (QED) is 0.881. The van der Waals surface area contributed by atoms with Crippen LogP contribution in [0.3, 0.4) is 0 Å². The Balaban J connectivity index is 1.86. The summed E-state index contributed by atoms with van der Waals surface area (Å²) < 4.78 is 5.13. The molecule has 0 spiro atoms. The molecule has 0 amide bonds. The Morgan fingerprint density at radius 3 is 2.67 bits per heavy atom. The summed E-state index contributed by atoms with van der Waals surface area (Å²) in [5.74, 6) is 1.50. The van der Waals surface area contributed by atoms with E-state index in [2.05, 4.69) is 5.32 Å². The van der Waals surface area contributed by atoms with Crippen LogP contribution in [0, 0.1) is 5.92 Å². The van der Waals surface area contributed by atoms with Crippen molar-refractivity contribution < 1.29 is 4.74 Å². The highest BCUT2D eigenvalue weighted by molar-refractivity contribution is 6.33. The minimum absolute atomic E-state index is 0.408. The Morgan fingerprint density at radius 1 is 1.33 bits per heavy atom. The summed E-state index contributed by atoms with van der Waals surface area (Å²) in [6, 6.07) is 6.13. The third-order valence-corrected chi connectivity index (χ3v) is 3.96. The Morgan fingerprint density at radius 2 is 2.06 bits per heavy atom. The van der Waals surface area contributed by atoms with Gasteiger partial charge in [-0.15, -0.1) is 0 Å². The van der Waals surface area contributed by atoms with Gasteiger partial charge < -0.3 is 15.8 Å². The number of rotatable bonds is 4. The van der Waals surface area contributed by atoms with Crippen LogP contribution in [0.4, 0.5) is 5.69 Å². The van der Waals surface area contributed by atoms with E-state index in [1.165, 1.54) is 12.8 Å². The summed E-state index contributed by atoms with van der Waals surface area (Å²) in [4.78, 5) is 0. The fourth-order valence-electron chi connectivity index (χ4n) is 2.41. The van der Waals surface area contributed by atoms with Crippen molar-refractivity contribution in [3.63, 3.8) is 0 Å². The molecule has 0 radical (unpaired) electrons. The molecule has 0 unspecified atom stereocenters. The van der Waals surface area contributed by atoms with Crippen molar-refractivity contribution in [3.05, 3.63) is 23.2 Å². The van der Waals surface area contributed by atoms with Gasteiger partial charge in [-0.05, 0) is 43.7 Å². The van der Waals surface area contributed by atoms with Gasteiger partial charge in [-0.2, -0.15) is 0 Å². The van der Waals surface area contributed by atoms with Crippen molar-refractivity contribution in [2.75, 3.05) is 19.0 Å². The normalized spacial score (nSPS) is 23.7. The summed E-state index contributed by atoms with van der Waals surface area (Å²) in [5.41, 5.74) is 6.88. The first kappa shape index (κ1) is 13.5. The number of benzene rings is 1. The van der Waals surface area contributed by atoms with Crippen LogP contribution in [0.2, 0.25) is 5.02 Å². The molecule has 4 heteroatoms. The van der Waals surface area contributed by atoms with Gasteiger partial charge in [0.15, 0.2) is 0 Å². The number of hydrogen-bond donors (Lipinski definition) is 2. The Bertz CT molecular complexity index is 389. The molecule has 3 N–H and O–H groups in total. The molecule has 2 rings (SSSR count). The maximum absolute atomic E-state index is 6.19. The van der Waals surface area contributed by atoms with Crippen molar-refractivity contribution in [2.24, 2.45) is 11.7 Å². The zero-order valence-corrected chi connectivity index (χ0v) is 11.5. The summed E-state index contributed by atoms with van der Waals surface area (Å²) in [5, 5.41) is 4.13. The molecule has 0 aromatic heterocycles. The summed E-state index contributed by atoms with van der Waals surface area (Å²) in [6.45, 7) is 0.971. The first-order chi connectivity index (χ1) is 8.69. The van der Waals surface area contributed by atoms with E-state index in [1.54, 1.807) is 7.11 Å². The topological polar surface area (TPSA) is 47.3 Å². The smallest absolute Gasteiger partial charge is 0.120 e. The molecule has 100 valence electrons. The first-order valence-electron chi connectivity index (χ1n) is 6.52. The molecule has 1 fully saturated rings. The van der Waals surface area contributed by atoms with Gasteiger partial charge in [-0.25, -0.2) is 0 Å². The molecule has 0 heterocycles. The third kappa shape index (κ3) is 3.53. The van der Waals surface area contributed by atoms with E-state index < -0.39 is 0 Å². The number of nitrogens with one attached hydrogen (secondary N) is 1. The van der Waals surface area contributed by atoms with E-state index in [4.69, 9.17) is 22.1 Å². The molecule has 0 atom stereocenters. The van der Waals surface area contributed by atoms with Gasteiger partial charge in [0, 0.05) is 18.7 Å². The van der Waals surface area contributed by atoms with Crippen molar-refractivity contribution in [1.82, 2.24) is 0 Å². The zero-order valence-electron chi connectivity index (χ0n) is 10.8. The monoisotopic (exact) mass is 268 g/mol. The molecule has 1 aliphatic rings. The van der Waals surface area contributed by atoms with Crippen LogP contribution < -0.4 is 15.8 Å². The zero-order chi connectivity index (χ0) is 13.0. The van der Waals surface area contributed by atoms with Gasteiger partial charge >= 0.3 is 0 Å². The van der Waals surface area contributed by atoms with Gasteiger partial charge in [0.2, 0.25) is 0 Å². The molecule has 1 aliphatic carbocycles. The van der Waals surface area contributed by atoms with Gasteiger partial charge in [0.25, 0.3) is 0 Å². The molecule has 1 saturated carbocycles. The maximum Gasteiger partial charge on any atom is 0.120 e. The van der Waals surface area contributed by atoms with E-state index >= 15 is 0 Å². The van der Waals surface area contributed by atoms with Crippen molar-refractivity contribution in [1.29, 1.82) is 0 Å². The standard InChI is InChI=1S/C14H21ClN2O/c1-18-12-6-7-14(13(15)8-12)17-9-10-2-4-11(16)5-3-10/h6-8,10-11,17H,2-5,9,16H2,1H3. The van der Waals surface area contributed by atoms with Gasteiger partial charge in [0.1, 0.15) is 5.75 Å². The van der Waals surface area contributed by atoms with E-state index in [-0.39, 0.29) is 0 Å². The number of nitrogens with two attached hydrogens (primary N) is 1. The molecule has 1 aromatic rings. The minimum Gasteiger partial charge on any atom is -0.497 e. The van der Waals surface area contributed by atoms with Gasteiger partial charge in [-0.1, -0.05) is 11.6 Å². The number of anilines is 1. The van der Waals surface area contributed by atoms with Crippen molar-refractivity contribution in [2.45, 2.75) is 31.7 Å². The number of ether oxygens (including phenoxy) is 1. The second-order valence-corrected chi connectivity index (χ2v) is 5.41. The third-order valence-electron chi connectivity index (χ3n) is 3.65.